The molecule has 0 unspecified atom stereocenters. The lowest BCUT2D eigenvalue weighted by atomic mass is 10.0. The second-order valence-corrected chi connectivity index (χ2v) is 16.8. The molecule has 2 heteroatoms. The zero-order valence-electron chi connectivity index (χ0n) is 35.3. The number of rotatable bonds is 42. The van der Waals surface area contributed by atoms with Gasteiger partial charge in [-0.05, 0) is 25.7 Å². The Morgan fingerprint density at radius 3 is 0.700 bits per heavy atom. The molecule has 0 saturated heterocycles. The Morgan fingerprint density at radius 2 is 0.460 bits per heavy atom. The van der Waals surface area contributed by atoms with E-state index < -0.39 is 0 Å². The van der Waals surface area contributed by atoms with Crippen LogP contribution >= 0.6 is 0 Å². The second kappa shape index (κ2) is 39.5. The molecule has 1 aliphatic rings. The molecule has 0 aliphatic carbocycles. The van der Waals surface area contributed by atoms with Gasteiger partial charge in [-0.1, -0.05) is 252 Å². The summed E-state index contributed by atoms with van der Waals surface area (Å²) in [6, 6.07) is 0. The molecular weight excluding hydrogens is 605 g/mol. The SMILES string of the molecule is CCCCCCCCCCCCCCCCCCN1C=CN(CCCCCCCCCCCCCCCCCC)C1CCCCCCCCC. The van der Waals surface area contributed by atoms with Gasteiger partial charge in [0.05, 0.1) is 0 Å². The molecule has 0 fully saturated rings. The summed E-state index contributed by atoms with van der Waals surface area (Å²) in [5.41, 5.74) is 0. The third-order valence-corrected chi connectivity index (χ3v) is 11.8. The Kier molecular flexibility index (Phi) is 37.5. The monoisotopic (exact) mass is 701 g/mol. The maximum absolute atomic E-state index is 2.73. The first-order valence-corrected chi connectivity index (χ1v) is 24.0. The van der Waals surface area contributed by atoms with E-state index in [1.54, 1.807) is 0 Å². The zero-order chi connectivity index (χ0) is 35.8. The van der Waals surface area contributed by atoms with Gasteiger partial charge in [0.1, 0.15) is 6.17 Å². The minimum atomic E-state index is 0.637. The minimum Gasteiger partial charge on any atom is -0.356 e. The van der Waals surface area contributed by atoms with Crippen LogP contribution in [0.5, 0.6) is 0 Å². The first-order valence-electron chi connectivity index (χ1n) is 24.0. The molecule has 1 aliphatic heterocycles. The molecule has 298 valence electrons. The average molecular weight is 701 g/mol. The quantitative estimate of drug-likeness (QED) is 0.0585. The largest absolute Gasteiger partial charge is 0.356 e. The highest BCUT2D eigenvalue weighted by atomic mass is 15.4. The Bertz CT molecular complexity index is 613. The lowest BCUT2D eigenvalue weighted by Gasteiger charge is -2.33. The molecule has 0 saturated carbocycles. The molecular formula is C48H96N2. The van der Waals surface area contributed by atoms with E-state index in [1.807, 2.05) is 0 Å². The molecule has 0 spiro atoms. The molecule has 0 aromatic heterocycles. The van der Waals surface area contributed by atoms with Crippen LogP contribution in [0.2, 0.25) is 0 Å². The Labute approximate surface area is 318 Å². The van der Waals surface area contributed by atoms with Crippen LogP contribution in [0.25, 0.3) is 0 Å². The highest BCUT2D eigenvalue weighted by molar-refractivity contribution is 4.97. The summed E-state index contributed by atoms with van der Waals surface area (Å²) in [6.45, 7) is 9.50. The average Bonchev–Trinajstić information content (AvgIpc) is 3.51. The minimum absolute atomic E-state index is 0.637. The summed E-state index contributed by atoms with van der Waals surface area (Å²) in [5, 5.41) is 0. The van der Waals surface area contributed by atoms with E-state index in [4.69, 9.17) is 0 Å². The molecule has 1 rings (SSSR count). The van der Waals surface area contributed by atoms with Gasteiger partial charge in [0, 0.05) is 25.5 Å². The summed E-state index contributed by atoms with van der Waals surface area (Å²) >= 11 is 0. The molecule has 0 atom stereocenters. The van der Waals surface area contributed by atoms with Crippen LogP contribution in [0.4, 0.5) is 0 Å². The second-order valence-electron chi connectivity index (χ2n) is 16.8. The van der Waals surface area contributed by atoms with E-state index in [9.17, 15) is 0 Å². The first-order chi connectivity index (χ1) is 24.8. The Morgan fingerprint density at radius 1 is 0.260 bits per heavy atom. The molecule has 0 radical (unpaired) electrons. The smallest absolute Gasteiger partial charge is 0.101 e. The van der Waals surface area contributed by atoms with Crippen LogP contribution in [-0.4, -0.2) is 29.1 Å². The molecule has 0 amide bonds. The number of hydrogen-bond acceptors (Lipinski definition) is 2. The summed E-state index contributed by atoms with van der Waals surface area (Å²) in [6.07, 6.45) is 63.4. The normalized spacial score (nSPS) is 13.4. The topological polar surface area (TPSA) is 6.48 Å². The van der Waals surface area contributed by atoms with Crippen molar-refractivity contribution in [3.05, 3.63) is 12.4 Å². The fraction of sp³-hybridized carbons (Fsp3) is 0.958. The van der Waals surface area contributed by atoms with E-state index in [-0.39, 0.29) is 0 Å². The number of hydrogen-bond donors (Lipinski definition) is 0. The van der Waals surface area contributed by atoms with Crippen molar-refractivity contribution >= 4 is 0 Å². The third kappa shape index (κ3) is 30.9. The van der Waals surface area contributed by atoms with E-state index in [1.165, 1.54) is 270 Å². The van der Waals surface area contributed by atoms with Crippen LogP contribution in [0.15, 0.2) is 12.4 Å². The fourth-order valence-electron chi connectivity index (χ4n) is 8.31. The van der Waals surface area contributed by atoms with Gasteiger partial charge in [0.15, 0.2) is 0 Å². The van der Waals surface area contributed by atoms with Gasteiger partial charge in [-0.15, -0.1) is 0 Å². The van der Waals surface area contributed by atoms with Gasteiger partial charge in [-0.25, -0.2) is 0 Å². The van der Waals surface area contributed by atoms with Crippen LogP contribution in [0.1, 0.15) is 278 Å². The fourth-order valence-corrected chi connectivity index (χ4v) is 8.31. The Balaban J connectivity index is 2.11. The van der Waals surface area contributed by atoms with Gasteiger partial charge >= 0.3 is 0 Å². The van der Waals surface area contributed by atoms with Gasteiger partial charge in [-0.2, -0.15) is 0 Å². The standard InChI is InChI=1S/C48H96N2/c1-4-7-10-13-16-18-20-22-24-26-28-30-32-35-38-41-44-49-46-47-50(48(49)43-40-37-34-15-12-9-6-3)45-42-39-36-33-31-29-27-25-23-21-19-17-14-11-8-5-2/h46-48H,4-45H2,1-3H3. The van der Waals surface area contributed by atoms with Crippen molar-refractivity contribution in [2.75, 3.05) is 13.1 Å². The third-order valence-electron chi connectivity index (χ3n) is 11.8. The van der Waals surface area contributed by atoms with Gasteiger partial charge in [0.2, 0.25) is 0 Å². The zero-order valence-corrected chi connectivity index (χ0v) is 35.3. The van der Waals surface area contributed by atoms with Crippen molar-refractivity contribution < 1.29 is 0 Å². The Hall–Kier alpha value is -0.660. The van der Waals surface area contributed by atoms with Crippen molar-refractivity contribution in [2.24, 2.45) is 0 Å². The molecule has 0 N–H and O–H groups in total. The van der Waals surface area contributed by atoms with E-state index >= 15 is 0 Å². The van der Waals surface area contributed by atoms with Crippen LogP contribution in [0.3, 0.4) is 0 Å². The molecule has 0 aromatic rings. The van der Waals surface area contributed by atoms with Crippen molar-refractivity contribution in [3.8, 4) is 0 Å². The van der Waals surface area contributed by atoms with Crippen LogP contribution < -0.4 is 0 Å². The van der Waals surface area contributed by atoms with E-state index in [0.29, 0.717) is 6.17 Å². The maximum atomic E-state index is 2.73. The van der Waals surface area contributed by atoms with E-state index in [0.717, 1.165) is 0 Å². The summed E-state index contributed by atoms with van der Waals surface area (Å²) in [7, 11) is 0. The van der Waals surface area contributed by atoms with Crippen LogP contribution in [-0.2, 0) is 0 Å². The highest BCUT2D eigenvalue weighted by Gasteiger charge is 2.24. The summed E-state index contributed by atoms with van der Waals surface area (Å²) in [4.78, 5) is 5.46. The van der Waals surface area contributed by atoms with Crippen molar-refractivity contribution in [2.45, 2.75) is 284 Å². The predicted octanol–water partition coefficient (Wildman–Crippen LogP) is 17.1. The molecule has 0 bridgehead atoms. The highest BCUT2D eigenvalue weighted by Crippen LogP contribution is 2.24. The van der Waals surface area contributed by atoms with Crippen molar-refractivity contribution in [1.82, 2.24) is 9.80 Å². The number of unbranched alkanes of at least 4 members (excludes halogenated alkanes) is 36. The van der Waals surface area contributed by atoms with Crippen LogP contribution in [0, 0.1) is 0 Å². The first kappa shape index (κ1) is 47.4. The van der Waals surface area contributed by atoms with Crippen molar-refractivity contribution in [1.29, 1.82) is 0 Å². The molecule has 1 heterocycles. The number of nitrogens with zero attached hydrogens (tertiary/aromatic N) is 2. The molecule has 50 heavy (non-hydrogen) atoms. The molecule has 2 nitrogen and oxygen atoms in total. The summed E-state index contributed by atoms with van der Waals surface area (Å²) in [5.74, 6) is 0. The predicted molar refractivity (Wildman–Crippen MR) is 228 cm³/mol. The van der Waals surface area contributed by atoms with Gasteiger partial charge in [0.25, 0.3) is 0 Å². The lowest BCUT2D eigenvalue weighted by Crippen LogP contribution is -2.39. The lowest BCUT2D eigenvalue weighted by molar-refractivity contribution is 0.135. The van der Waals surface area contributed by atoms with Crippen molar-refractivity contribution in [3.63, 3.8) is 0 Å². The summed E-state index contributed by atoms with van der Waals surface area (Å²) < 4.78 is 0. The van der Waals surface area contributed by atoms with Gasteiger partial charge in [-0.3, -0.25) is 0 Å². The maximum Gasteiger partial charge on any atom is 0.101 e. The molecule has 0 aromatic carbocycles. The van der Waals surface area contributed by atoms with E-state index in [2.05, 4.69) is 43.0 Å². The van der Waals surface area contributed by atoms with Gasteiger partial charge < -0.3 is 9.80 Å².